The van der Waals surface area contributed by atoms with Crippen LogP contribution in [0.15, 0.2) is 29.3 Å². The molecule has 2 rings (SSSR count). The Morgan fingerprint density at radius 1 is 1.45 bits per heavy atom. The van der Waals surface area contributed by atoms with Gasteiger partial charge in [-0.25, -0.2) is 8.42 Å². The van der Waals surface area contributed by atoms with Gasteiger partial charge in [-0.3, -0.25) is 0 Å². The molecule has 0 fully saturated rings. The molecule has 110 valence electrons. The third-order valence-electron chi connectivity index (χ3n) is 2.96. The van der Waals surface area contributed by atoms with Crippen molar-refractivity contribution < 1.29 is 13.5 Å². The van der Waals surface area contributed by atoms with E-state index in [2.05, 4.69) is 0 Å². The summed E-state index contributed by atoms with van der Waals surface area (Å²) in [4.78, 5) is 1.05. The molecule has 0 unspecified atom stereocenters. The quantitative estimate of drug-likeness (QED) is 0.910. The number of aliphatic hydroxyl groups is 1. The molecule has 0 saturated carbocycles. The molecule has 0 aliphatic heterocycles. The Labute approximate surface area is 127 Å². The summed E-state index contributed by atoms with van der Waals surface area (Å²) < 4.78 is 28.4. The Morgan fingerprint density at radius 2 is 2.15 bits per heavy atom. The average Bonchev–Trinajstić information content (AvgIpc) is 2.95. The van der Waals surface area contributed by atoms with Gasteiger partial charge in [-0.2, -0.15) is 4.31 Å². The third kappa shape index (κ3) is 3.07. The lowest BCUT2D eigenvalue weighted by Crippen LogP contribution is -2.25. The molecule has 0 aliphatic rings. The molecule has 2 aromatic rings. The van der Waals surface area contributed by atoms with Gasteiger partial charge in [0, 0.05) is 37.4 Å². The minimum absolute atomic E-state index is 0.175. The molecule has 0 bridgehead atoms. The summed E-state index contributed by atoms with van der Waals surface area (Å²) in [5.41, 5.74) is 0.552. The second kappa shape index (κ2) is 5.87. The number of aliphatic hydroxyl groups excluding tert-OH is 1. The maximum Gasteiger partial charge on any atom is 0.244 e. The van der Waals surface area contributed by atoms with E-state index < -0.39 is 10.0 Å². The Balaban J connectivity index is 2.24. The SMILES string of the molecule is CN(Cc1ccc(Cl)s1)S(=O)(=O)c1cc(CO)n(C)c1. The summed E-state index contributed by atoms with van der Waals surface area (Å²) in [6.45, 7) is 0.0688. The lowest BCUT2D eigenvalue weighted by Gasteiger charge is -2.15. The summed E-state index contributed by atoms with van der Waals surface area (Å²) in [7, 11) is -0.354. The van der Waals surface area contributed by atoms with Gasteiger partial charge in [-0.1, -0.05) is 11.6 Å². The molecule has 2 heterocycles. The lowest BCUT2D eigenvalue weighted by molar-refractivity contribution is 0.272. The predicted octanol–water partition coefficient (Wildman–Crippen LogP) is 2.05. The van der Waals surface area contributed by atoms with Crippen LogP contribution in [0.2, 0.25) is 4.34 Å². The van der Waals surface area contributed by atoms with Crippen molar-refractivity contribution in [3.63, 3.8) is 0 Å². The van der Waals surface area contributed by atoms with Gasteiger partial charge in [-0.15, -0.1) is 11.3 Å². The number of aromatic nitrogens is 1. The van der Waals surface area contributed by atoms with Crippen LogP contribution in [0.5, 0.6) is 0 Å². The first-order valence-corrected chi connectivity index (χ1v) is 8.44. The van der Waals surface area contributed by atoms with E-state index in [0.717, 1.165) is 4.88 Å². The predicted molar refractivity (Wildman–Crippen MR) is 79.3 cm³/mol. The van der Waals surface area contributed by atoms with Crippen LogP contribution in [-0.2, 0) is 30.2 Å². The average molecular weight is 335 g/mol. The van der Waals surface area contributed by atoms with Crippen LogP contribution < -0.4 is 0 Å². The zero-order chi connectivity index (χ0) is 14.9. The topological polar surface area (TPSA) is 62.5 Å². The first-order chi connectivity index (χ1) is 9.34. The molecule has 0 radical (unpaired) electrons. The van der Waals surface area contributed by atoms with Crippen molar-refractivity contribution in [1.82, 2.24) is 8.87 Å². The van der Waals surface area contributed by atoms with Crippen LogP contribution in [0.1, 0.15) is 10.6 Å². The monoisotopic (exact) mass is 334 g/mol. The smallest absolute Gasteiger partial charge is 0.244 e. The number of hydrogen-bond acceptors (Lipinski definition) is 4. The van der Waals surface area contributed by atoms with E-state index in [0.29, 0.717) is 10.0 Å². The molecule has 0 aromatic carbocycles. The highest BCUT2D eigenvalue weighted by Crippen LogP contribution is 2.25. The Morgan fingerprint density at radius 3 is 2.65 bits per heavy atom. The van der Waals surface area contributed by atoms with Gasteiger partial charge < -0.3 is 9.67 Å². The molecule has 0 atom stereocenters. The van der Waals surface area contributed by atoms with E-state index in [1.807, 2.05) is 6.07 Å². The van der Waals surface area contributed by atoms with E-state index in [1.54, 1.807) is 17.7 Å². The zero-order valence-corrected chi connectivity index (χ0v) is 13.5. The Hall–Kier alpha value is -0.860. The number of thiophene rings is 1. The fourth-order valence-corrected chi connectivity index (χ4v) is 4.26. The van der Waals surface area contributed by atoms with Crippen LogP contribution in [0.4, 0.5) is 0 Å². The maximum absolute atomic E-state index is 12.4. The van der Waals surface area contributed by atoms with Crippen LogP contribution >= 0.6 is 22.9 Å². The minimum atomic E-state index is -3.57. The van der Waals surface area contributed by atoms with Crippen molar-refractivity contribution >= 4 is 33.0 Å². The van der Waals surface area contributed by atoms with E-state index in [-0.39, 0.29) is 18.0 Å². The summed E-state index contributed by atoms with van der Waals surface area (Å²) in [6, 6.07) is 5.03. The van der Waals surface area contributed by atoms with Crippen LogP contribution in [0.25, 0.3) is 0 Å². The Bertz CT molecular complexity index is 706. The van der Waals surface area contributed by atoms with E-state index in [4.69, 9.17) is 16.7 Å². The van der Waals surface area contributed by atoms with E-state index in [1.165, 1.54) is 35.0 Å². The molecule has 0 aliphatic carbocycles. The van der Waals surface area contributed by atoms with Crippen LogP contribution in [0, 0.1) is 0 Å². The third-order valence-corrected chi connectivity index (χ3v) is 5.94. The Kier molecular flexibility index (Phi) is 4.55. The van der Waals surface area contributed by atoms with Gasteiger partial charge in [0.2, 0.25) is 10.0 Å². The molecule has 1 N–H and O–H groups in total. The maximum atomic E-state index is 12.4. The molecule has 0 spiro atoms. The molecular formula is C12H15ClN2O3S2. The highest BCUT2D eigenvalue weighted by Gasteiger charge is 2.23. The molecule has 8 heteroatoms. The highest BCUT2D eigenvalue weighted by atomic mass is 35.5. The number of hydrogen-bond donors (Lipinski definition) is 1. The summed E-state index contributed by atoms with van der Waals surface area (Å²) in [6.07, 6.45) is 1.50. The summed E-state index contributed by atoms with van der Waals surface area (Å²) >= 11 is 7.19. The summed E-state index contributed by atoms with van der Waals surface area (Å²) in [5, 5.41) is 9.13. The molecule has 20 heavy (non-hydrogen) atoms. The summed E-state index contributed by atoms with van der Waals surface area (Å²) in [5.74, 6) is 0. The van der Waals surface area contributed by atoms with Crippen molar-refractivity contribution in [3.8, 4) is 0 Å². The fourth-order valence-electron chi connectivity index (χ4n) is 1.80. The van der Waals surface area contributed by atoms with E-state index in [9.17, 15) is 8.42 Å². The second-order valence-electron chi connectivity index (χ2n) is 4.40. The minimum Gasteiger partial charge on any atom is -0.390 e. The lowest BCUT2D eigenvalue weighted by atomic mass is 10.5. The molecule has 0 amide bonds. The van der Waals surface area contributed by atoms with Crippen molar-refractivity contribution in [2.24, 2.45) is 7.05 Å². The molecular weight excluding hydrogens is 320 g/mol. The van der Waals surface area contributed by atoms with Gasteiger partial charge in [0.25, 0.3) is 0 Å². The molecule has 5 nitrogen and oxygen atoms in total. The number of sulfonamides is 1. The van der Waals surface area contributed by atoms with Gasteiger partial charge in [0.05, 0.1) is 10.9 Å². The first kappa shape index (κ1) is 15.5. The largest absolute Gasteiger partial charge is 0.390 e. The van der Waals surface area contributed by atoms with E-state index >= 15 is 0 Å². The first-order valence-electron chi connectivity index (χ1n) is 5.81. The standard InChI is InChI=1S/C12H15ClN2O3S2/c1-14-7-11(5-9(14)8-16)20(17,18)15(2)6-10-3-4-12(13)19-10/h3-5,7,16H,6,8H2,1-2H3. The van der Waals surface area contributed by atoms with Gasteiger partial charge in [0.15, 0.2) is 0 Å². The fraction of sp³-hybridized carbons (Fsp3) is 0.333. The van der Waals surface area contributed by atoms with Crippen molar-refractivity contribution in [2.45, 2.75) is 18.0 Å². The number of rotatable bonds is 5. The van der Waals surface area contributed by atoms with Crippen molar-refractivity contribution in [1.29, 1.82) is 0 Å². The molecule has 2 aromatic heterocycles. The number of nitrogens with zero attached hydrogens (tertiary/aromatic N) is 2. The number of halogens is 1. The van der Waals surface area contributed by atoms with Gasteiger partial charge in [0.1, 0.15) is 4.90 Å². The normalized spacial score (nSPS) is 12.2. The van der Waals surface area contributed by atoms with Crippen molar-refractivity contribution in [2.75, 3.05) is 7.05 Å². The van der Waals surface area contributed by atoms with Crippen molar-refractivity contribution in [3.05, 3.63) is 39.3 Å². The van der Waals surface area contributed by atoms with Crippen LogP contribution in [0.3, 0.4) is 0 Å². The van der Waals surface area contributed by atoms with Gasteiger partial charge in [-0.05, 0) is 18.2 Å². The van der Waals surface area contributed by atoms with Gasteiger partial charge >= 0.3 is 0 Å². The number of aryl methyl sites for hydroxylation is 1. The highest BCUT2D eigenvalue weighted by molar-refractivity contribution is 7.89. The second-order valence-corrected chi connectivity index (χ2v) is 8.25. The van der Waals surface area contributed by atoms with Crippen LogP contribution in [-0.4, -0.2) is 29.4 Å². The zero-order valence-electron chi connectivity index (χ0n) is 11.1. The molecule has 0 saturated heterocycles.